The second-order valence-corrected chi connectivity index (χ2v) is 3.21. The van der Waals surface area contributed by atoms with Crippen LogP contribution in [0.25, 0.3) is 0 Å². The molecule has 1 aliphatic carbocycles. The minimum atomic E-state index is -0.205. The van der Waals surface area contributed by atoms with Crippen molar-refractivity contribution in [3.05, 3.63) is 0 Å². The van der Waals surface area contributed by atoms with E-state index in [9.17, 15) is 4.79 Å². The Bertz CT molecular complexity index is 156. The van der Waals surface area contributed by atoms with Gasteiger partial charge in [-0.05, 0) is 19.3 Å². The maximum atomic E-state index is 10.7. The Morgan fingerprint density at radius 1 is 1.25 bits per heavy atom. The van der Waals surface area contributed by atoms with Crippen molar-refractivity contribution < 1.29 is 14.3 Å². The van der Waals surface area contributed by atoms with Crippen molar-refractivity contribution in [3.63, 3.8) is 0 Å². The van der Waals surface area contributed by atoms with Crippen molar-refractivity contribution in [3.8, 4) is 0 Å². The Kier molecular flexibility index (Phi) is 3.53. The van der Waals surface area contributed by atoms with Gasteiger partial charge in [-0.15, -0.1) is 0 Å². The topological polar surface area (TPSA) is 35.5 Å². The van der Waals surface area contributed by atoms with Crippen LogP contribution in [0, 0.1) is 0 Å². The molecule has 3 heteroatoms. The quantitative estimate of drug-likeness (QED) is 0.592. The minimum Gasteiger partial charge on any atom is -0.460 e. The molecule has 3 nitrogen and oxygen atoms in total. The lowest BCUT2D eigenvalue weighted by Gasteiger charge is -2.29. The van der Waals surface area contributed by atoms with Crippen LogP contribution in [-0.4, -0.2) is 25.3 Å². The molecule has 0 heterocycles. The van der Waals surface area contributed by atoms with Crippen molar-refractivity contribution >= 4 is 5.97 Å². The Morgan fingerprint density at radius 2 is 1.83 bits per heavy atom. The molecule has 1 rings (SSSR count). The van der Waals surface area contributed by atoms with E-state index in [1.807, 2.05) is 0 Å². The summed E-state index contributed by atoms with van der Waals surface area (Å²) in [4.78, 5) is 10.7. The fourth-order valence-electron chi connectivity index (χ4n) is 1.68. The number of methoxy groups -OCH3 is 1. The van der Waals surface area contributed by atoms with Gasteiger partial charge in [0.25, 0.3) is 0 Å². The number of hydrogen-bond acceptors (Lipinski definition) is 3. The van der Waals surface area contributed by atoms with Gasteiger partial charge in [-0.1, -0.05) is 6.42 Å². The first kappa shape index (κ1) is 9.52. The summed E-state index contributed by atoms with van der Waals surface area (Å²) in [6, 6.07) is 0. The van der Waals surface area contributed by atoms with E-state index in [2.05, 4.69) is 0 Å². The molecule has 70 valence electrons. The molecule has 0 aromatic rings. The first-order chi connectivity index (χ1) is 5.74. The van der Waals surface area contributed by atoms with Gasteiger partial charge in [0.05, 0.1) is 6.10 Å². The highest BCUT2D eigenvalue weighted by Crippen LogP contribution is 2.23. The van der Waals surface area contributed by atoms with E-state index in [1.54, 1.807) is 7.11 Å². The molecular formula is C9H16O3. The van der Waals surface area contributed by atoms with Gasteiger partial charge in [-0.3, -0.25) is 4.79 Å². The smallest absolute Gasteiger partial charge is 0.302 e. The fourth-order valence-corrected chi connectivity index (χ4v) is 1.68. The maximum absolute atomic E-state index is 10.7. The lowest BCUT2D eigenvalue weighted by atomic mass is 9.94. The van der Waals surface area contributed by atoms with Gasteiger partial charge in [-0.25, -0.2) is 0 Å². The van der Waals surface area contributed by atoms with E-state index in [1.165, 1.54) is 13.3 Å². The highest BCUT2D eigenvalue weighted by Gasteiger charge is 2.26. The summed E-state index contributed by atoms with van der Waals surface area (Å²) in [5.41, 5.74) is 0. The van der Waals surface area contributed by atoms with Crippen molar-refractivity contribution in [1.29, 1.82) is 0 Å². The van der Waals surface area contributed by atoms with Crippen LogP contribution >= 0.6 is 0 Å². The third-order valence-corrected chi connectivity index (χ3v) is 2.26. The van der Waals surface area contributed by atoms with E-state index in [-0.39, 0.29) is 18.2 Å². The summed E-state index contributed by atoms with van der Waals surface area (Å²) in [6.45, 7) is 1.45. The zero-order chi connectivity index (χ0) is 8.97. The second kappa shape index (κ2) is 4.45. The van der Waals surface area contributed by atoms with Crippen molar-refractivity contribution in [1.82, 2.24) is 0 Å². The first-order valence-electron chi connectivity index (χ1n) is 4.44. The average molecular weight is 172 g/mol. The van der Waals surface area contributed by atoms with Crippen LogP contribution in [0.3, 0.4) is 0 Å². The van der Waals surface area contributed by atoms with Gasteiger partial charge in [0, 0.05) is 14.0 Å². The molecule has 0 amide bonds. The molecule has 0 aromatic heterocycles. The number of rotatable bonds is 2. The molecule has 0 N–H and O–H groups in total. The van der Waals surface area contributed by atoms with Crippen LogP contribution in [0.15, 0.2) is 0 Å². The largest absolute Gasteiger partial charge is 0.460 e. The molecule has 1 fully saturated rings. The highest BCUT2D eigenvalue weighted by atomic mass is 16.6. The van der Waals surface area contributed by atoms with E-state index < -0.39 is 0 Å². The van der Waals surface area contributed by atoms with Crippen LogP contribution in [0.4, 0.5) is 0 Å². The van der Waals surface area contributed by atoms with Gasteiger partial charge >= 0.3 is 5.97 Å². The summed E-state index contributed by atoms with van der Waals surface area (Å²) < 4.78 is 10.4. The fraction of sp³-hybridized carbons (Fsp3) is 0.889. The molecule has 0 bridgehead atoms. The lowest BCUT2D eigenvalue weighted by molar-refractivity contribution is -0.156. The number of carbonyl (C=O) groups is 1. The number of carbonyl (C=O) groups excluding carboxylic acids is 1. The highest BCUT2D eigenvalue weighted by molar-refractivity contribution is 5.66. The Morgan fingerprint density at radius 3 is 2.33 bits per heavy atom. The lowest BCUT2D eigenvalue weighted by Crippen LogP contribution is -2.35. The van der Waals surface area contributed by atoms with Gasteiger partial charge in [0.15, 0.2) is 0 Å². The van der Waals surface area contributed by atoms with Crippen LogP contribution in [0.5, 0.6) is 0 Å². The summed E-state index contributed by atoms with van der Waals surface area (Å²) in [6.07, 6.45) is 4.37. The second-order valence-electron chi connectivity index (χ2n) is 3.21. The average Bonchev–Trinajstić information content (AvgIpc) is 2.04. The van der Waals surface area contributed by atoms with E-state index in [0.717, 1.165) is 19.3 Å². The normalized spacial score (nSPS) is 29.8. The van der Waals surface area contributed by atoms with Crippen LogP contribution in [0.1, 0.15) is 32.6 Å². The zero-order valence-electron chi connectivity index (χ0n) is 7.71. The predicted molar refractivity (Wildman–Crippen MR) is 44.8 cm³/mol. The SMILES string of the molecule is CO[C@@H]1CCCC[C@@H]1OC(C)=O. The molecule has 1 aliphatic rings. The molecule has 0 aromatic carbocycles. The van der Waals surface area contributed by atoms with Gasteiger partial charge in [0.1, 0.15) is 6.10 Å². The van der Waals surface area contributed by atoms with Crippen LogP contribution in [-0.2, 0) is 14.3 Å². The molecule has 0 aliphatic heterocycles. The standard InChI is InChI=1S/C9H16O3/c1-7(10)12-9-6-4-3-5-8(9)11-2/h8-9H,3-6H2,1-2H3/t8-,9+/m1/s1. The molecule has 0 saturated heterocycles. The molecular weight excluding hydrogens is 156 g/mol. The molecule has 0 radical (unpaired) electrons. The number of esters is 1. The van der Waals surface area contributed by atoms with Crippen LogP contribution < -0.4 is 0 Å². The maximum Gasteiger partial charge on any atom is 0.302 e. The summed E-state index contributed by atoms with van der Waals surface area (Å²) in [5.74, 6) is -0.205. The van der Waals surface area contributed by atoms with Gasteiger partial charge in [-0.2, -0.15) is 0 Å². The zero-order valence-corrected chi connectivity index (χ0v) is 7.71. The number of hydrogen-bond donors (Lipinski definition) is 0. The number of ether oxygens (including phenoxy) is 2. The third-order valence-electron chi connectivity index (χ3n) is 2.26. The van der Waals surface area contributed by atoms with Crippen molar-refractivity contribution in [2.45, 2.75) is 44.8 Å². The monoisotopic (exact) mass is 172 g/mol. The molecule has 0 unspecified atom stereocenters. The summed E-state index contributed by atoms with van der Waals surface area (Å²) in [7, 11) is 1.67. The van der Waals surface area contributed by atoms with E-state index in [4.69, 9.17) is 9.47 Å². The minimum absolute atomic E-state index is 0.0127. The molecule has 1 saturated carbocycles. The van der Waals surface area contributed by atoms with Gasteiger partial charge < -0.3 is 9.47 Å². The van der Waals surface area contributed by atoms with Crippen LogP contribution in [0.2, 0.25) is 0 Å². The van der Waals surface area contributed by atoms with Gasteiger partial charge in [0.2, 0.25) is 0 Å². The Labute approximate surface area is 73.0 Å². The molecule has 0 spiro atoms. The van der Waals surface area contributed by atoms with E-state index >= 15 is 0 Å². The Balaban J connectivity index is 2.41. The summed E-state index contributed by atoms with van der Waals surface area (Å²) in [5, 5.41) is 0. The van der Waals surface area contributed by atoms with E-state index in [0.29, 0.717) is 0 Å². The molecule has 2 atom stereocenters. The van der Waals surface area contributed by atoms with Crippen molar-refractivity contribution in [2.75, 3.05) is 7.11 Å². The molecule has 12 heavy (non-hydrogen) atoms. The first-order valence-corrected chi connectivity index (χ1v) is 4.44. The predicted octanol–water partition coefficient (Wildman–Crippen LogP) is 1.51. The van der Waals surface area contributed by atoms with Crippen molar-refractivity contribution in [2.24, 2.45) is 0 Å². The summed E-state index contributed by atoms with van der Waals surface area (Å²) >= 11 is 0. The Hall–Kier alpha value is -0.570. The third kappa shape index (κ3) is 2.48.